The Kier molecular flexibility index (Phi) is 6.75. The van der Waals surface area contributed by atoms with Crippen LogP contribution in [0.4, 0.5) is 4.39 Å². The van der Waals surface area contributed by atoms with Crippen LogP contribution in [0.3, 0.4) is 0 Å². The van der Waals surface area contributed by atoms with Gasteiger partial charge >= 0.3 is 0 Å². The topological polar surface area (TPSA) is 43.9 Å². The van der Waals surface area contributed by atoms with Crippen LogP contribution in [0.25, 0.3) is 0 Å². The van der Waals surface area contributed by atoms with Crippen LogP contribution in [0.15, 0.2) is 24.3 Å². The van der Waals surface area contributed by atoms with Crippen molar-refractivity contribution in [2.45, 2.75) is 31.7 Å². The van der Waals surface area contributed by atoms with Crippen LogP contribution >= 0.6 is 11.8 Å². The molecule has 0 bridgehead atoms. The smallest absolute Gasteiger partial charge is 0.254 e. The number of carbonyl (C=O) groups excluding carboxylic acids is 2. The fourth-order valence-corrected chi connectivity index (χ4v) is 5.81. The zero-order chi connectivity index (χ0) is 20.2. The minimum Gasteiger partial charge on any atom is -0.340 e. The average Bonchev–Trinajstić information content (AvgIpc) is 3.29. The molecule has 2 aliphatic heterocycles. The van der Waals surface area contributed by atoms with E-state index in [0.717, 1.165) is 37.4 Å². The molecule has 0 N–H and O–H groups in total. The van der Waals surface area contributed by atoms with E-state index >= 15 is 0 Å². The fourth-order valence-electron chi connectivity index (χ4n) is 4.91. The summed E-state index contributed by atoms with van der Waals surface area (Å²) in [5, 5.41) is 0. The van der Waals surface area contributed by atoms with E-state index in [4.69, 9.17) is 0 Å². The first-order chi connectivity index (χ1) is 14.1. The highest BCUT2D eigenvalue weighted by atomic mass is 32.2. The Morgan fingerprint density at radius 1 is 0.966 bits per heavy atom. The van der Waals surface area contributed by atoms with E-state index in [1.54, 1.807) is 17.0 Å². The average molecular weight is 420 g/mol. The van der Waals surface area contributed by atoms with Crippen molar-refractivity contribution in [2.75, 3.05) is 50.8 Å². The molecule has 5 nitrogen and oxygen atoms in total. The molecule has 1 aromatic carbocycles. The minimum absolute atomic E-state index is 0.0491. The van der Waals surface area contributed by atoms with Crippen LogP contribution in [0, 0.1) is 11.7 Å². The Morgan fingerprint density at radius 3 is 2.31 bits per heavy atom. The summed E-state index contributed by atoms with van der Waals surface area (Å²) in [5.41, 5.74) is 0.396. The van der Waals surface area contributed by atoms with Crippen molar-refractivity contribution in [2.24, 2.45) is 5.92 Å². The van der Waals surface area contributed by atoms with E-state index in [2.05, 4.69) is 9.80 Å². The lowest BCUT2D eigenvalue weighted by Gasteiger charge is -2.43. The molecule has 158 valence electrons. The number of carbonyl (C=O) groups is 2. The van der Waals surface area contributed by atoms with Gasteiger partial charge in [0.25, 0.3) is 5.91 Å². The van der Waals surface area contributed by atoms with Gasteiger partial charge in [-0.2, -0.15) is 11.8 Å². The molecule has 0 spiro atoms. The number of hydrogen-bond acceptors (Lipinski definition) is 4. The van der Waals surface area contributed by atoms with Crippen LogP contribution < -0.4 is 0 Å². The predicted molar refractivity (Wildman–Crippen MR) is 114 cm³/mol. The molecule has 1 aliphatic carbocycles. The lowest BCUT2D eigenvalue weighted by Crippen LogP contribution is -2.59. The Labute approximate surface area is 176 Å². The van der Waals surface area contributed by atoms with Crippen LogP contribution in [-0.4, -0.2) is 83.3 Å². The van der Waals surface area contributed by atoms with Crippen LogP contribution in [0.1, 0.15) is 36.0 Å². The lowest BCUT2D eigenvalue weighted by molar-refractivity contribution is -0.139. The summed E-state index contributed by atoms with van der Waals surface area (Å²) in [6.45, 7) is 4.28. The van der Waals surface area contributed by atoms with Gasteiger partial charge in [-0.3, -0.25) is 14.5 Å². The number of hydrogen-bond donors (Lipinski definition) is 0. The SMILES string of the molecule is O=C(c1cccc(F)c1)N1CCN([C@@H](C(=O)N2CCSCC2)C2CCCC2)CC1. The molecule has 7 heteroatoms. The third-order valence-corrected chi connectivity index (χ3v) is 7.43. The molecule has 0 aromatic heterocycles. The molecule has 1 saturated carbocycles. The van der Waals surface area contributed by atoms with Crippen molar-refractivity contribution in [1.82, 2.24) is 14.7 Å². The summed E-state index contributed by atoms with van der Waals surface area (Å²) in [4.78, 5) is 32.3. The van der Waals surface area contributed by atoms with Crippen LogP contribution in [-0.2, 0) is 4.79 Å². The molecule has 2 heterocycles. The van der Waals surface area contributed by atoms with Gasteiger partial charge in [0.05, 0.1) is 6.04 Å². The van der Waals surface area contributed by atoms with Crippen molar-refractivity contribution in [3.05, 3.63) is 35.6 Å². The van der Waals surface area contributed by atoms with Gasteiger partial charge in [-0.1, -0.05) is 18.9 Å². The number of amides is 2. The first-order valence-electron chi connectivity index (χ1n) is 10.8. The molecule has 3 aliphatic rings. The summed E-state index contributed by atoms with van der Waals surface area (Å²) < 4.78 is 13.5. The lowest BCUT2D eigenvalue weighted by atomic mass is 9.94. The molecule has 1 aromatic rings. The normalized spacial score (nSPS) is 22.7. The second kappa shape index (κ2) is 9.47. The maximum atomic E-state index is 13.5. The summed E-state index contributed by atoms with van der Waals surface area (Å²) in [6, 6.07) is 5.84. The standard InChI is InChI=1S/C22H30FN3O2S/c23-19-7-3-6-18(16-19)21(27)25-10-8-24(9-11-25)20(17-4-1-2-5-17)22(28)26-12-14-29-15-13-26/h3,6-7,16-17,20H,1-2,4-5,8-15H2/t20-/m1/s1. The summed E-state index contributed by atoms with van der Waals surface area (Å²) in [6.07, 6.45) is 4.67. The number of halogens is 1. The summed E-state index contributed by atoms with van der Waals surface area (Å²) in [5.74, 6) is 2.27. The molecule has 1 atom stereocenters. The maximum absolute atomic E-state index is 13.5. The summed E-state index contributed by atoms with van der Waals surface area (Å²) in [7, 11) is 0. The molecule has 0 radical (unpaired) electrons. The van der Waals surface area contributed by atoms with Crippen molar-refractivity contribution in [1.29, 1.82) is 0 Å². The van der Waals surface area contributed by atoms with Crippen LogP contribution in [0.5, 0.6) is 0 Å². The highest BCUT2D eigenvalue weighted by Crippen LogP contribution is 2.32. The zero-order valence-corrected chi connectivity index (χ0v) is 17.7. The maximum Gasteiger partial charge on any atom is 0.254 e. The Balaban J connectivity index is 1.42. The number of rotatable bonds is 4. The van der Waals surface area contributed by atoms with E-state index < -0.39 is 0 Å². The second-order valence-electron chi connectivity index (χ2n) is 8.27. The van der Waals surface area contributed by atoms with E-state index in [1.165, 1.54) is 25.0 Å². The van der Waals surface area contributed by atoms with Gasteiger partial charge in [0.1, 0.15) is 5.82 Å². The molecule has 2 saturated heterocycles. The number of nitrogens with zero attached hydrogens (tertiary/aromatic N) is 3. The summed E-state index contributed by atoms with van der Waals surface area (Å²) >= 11 is 1.92. The third kappa shape index (κ3) is 4.77. The predicted octanol–water partition coefficient (Wildman–Crippen LogP) is 2.72. The van der Waals surface area contributed by atoms with E-state index in [1.807, 2.05) is 11.8 Å². The van der Waals surface area contributed by atoms with Gasteiger partial charge in [-0.15, -0.1) is 0 Å². The Bertz CT molecular complexity index is 727. The van der Waals surface area contributed by atoms with E-state index in [0.29, 0.717) is 43.6 Å². The monoisotopic (exact) mass is 419 g/mol. The van der Waals surface area contributed by atoms with Gasteiger partial charge in [-0.05, 0) is 37.0 Å². The van der Waals surface area contributed by atoms with Gasteiger partial charge < -0.3 is 9.80 Å². The molecular weight excluding hydrogens is 389 g/mol. The zero-order valence-electron chi connectivity index (χ0n) is 16.9. The number of piperazine rings is 1. The number of thioether (sulfide) groups is 1. The highest BCUT2D eigenvalue weighted by molar-refractivity contribution is 7.99. The van der Waals surface area contributed by atoms with Crippen molar-refractivity contribution in [3.8, 4) is 0 Å². The van der Waals surface area contributed by atoms with E-state index in [9.17, 15) is 14.0 Å². The minimum atomic E-state index is -0.388. The Hall–Kier alpha value is -1.60. The third-order valence-electron chi connectivity index (χ3n) is 6.49. The van der Waals surface area contributed by atoms with E-state index in [-0.39, 0.29) is 17.8 Å². The molecule has 29 heavy (non-hydrogen) atoms. The van der Waals surface area contributed by atoms with Gasteiger partial charge in [0.15, 0.2) is 0 Å². The molecule has 0 unspecified atom stereocenters. The first kappa shape index (κ1) is 20.7. The van der Waals surface area contributed by atoms with Gasteiger partial charge in [-0.25, -0.2) is 4.39 Å². The van der Waals surface area contributed by atoms with Crippen molar-refractivity contribution >= 4 is 23.6 Å². The van der Waals surface area contributed by atoms with Crippen molar-refractivity contribution < 1.29 is 14.0 Å². The molecule has 2 amide bonds. The fraction of sp³-hybridized carbons (Fsp3) is 0.636. The number of benzene rings is 1. The van der Waals surface area contributed by atoms with Gasteiger partial charge in [0.2, 0.25) is 5.91 Å². The van der Waals surface area contributed by atoms with Crippen LogP contribution in [0.2, 0.25) is 0 Å². The van der Waals surface area contributed by atoms with Crippen molar-refractivity contribution in [3.63, 3.8) is 0 Å². The second-order valence-corrected chi connectivity index (χ2v) is 9.49. The molecule has 4 rings (SSSR count). The first-order valence-corrected chi connectivity index (χ1v) is 11.9. The van der Waals surface area contributed by atoms with Gasteiger partial charge in [0, 0.05) is 56.3 Å². The molecule has 3 fully saturated rings. The highest BCUT2D eigenvalue weighted by Gasteiger charge is 2.39. The molecular formula is C22H30FN3O2S. The largest absolute Gasteiger partial charge is 0.340 e. The quantitative estimate of drug-likeness (QED) is 0.753. The Morgan fingerprint density at radius 2 is 1.66 bits per heavy atom.